The van der Waals surface area contributed by atoms with Crippen molar-refractivity contribution >= 4 is 6.03 Å². The number of hydrogen-bond donors (Lipinski definition) is 3. The zero-order chi connectivity index (χ0) is 13.6. The molecule has 0 aromatic rings. The highest BCUT2D eigenvalue weighted by Gasteiger charge is 2.31. The van der Waals surface area contributed by atoms with Gasteiger partial charge in [0.05, 0.1) is 0 Å². The van der Waals surface area contributed by atoms with Gasteiger partial charge in [-0.05, 0) is 37.5 Å². The van der Waals surface area contributed by atoms with Crippen molar-refractivity contribution in [3.8, 4) is 0 Å². The van der Waals surface area contributed by atoms with E-state index in [1.165, 1.54) is 25.7 Å². The normalized spacial score (nSPS) is 18.7. The molecule has 0 aromatic heterocycles. The zero-order valence-corrected chi connectivity index (χ0v) is 12.0. The highest BCUT2D eigenvalue weighted by Crippen LogP contribution is 2.38. The van der Waals surface area contributed by atoms with Crippen molar-refractivity contribution < 1.29 is 9.90 Å². The van der Waals surface area contributed by atoms with E-state index in [2.05, 4.69) is 24.5 Å². The van der Waals surface area contributed by atoms with Crippen molar-refractivity contribution in [2.45, 2.75) is 58.9 Å². The van der Waals surface area contributed by atoms with Crippen LogP contribution in [0.3, 0.4) is 0 Å². The molecule has 0 spiro atoms. The van der Waals surface area contributed by atoms with E-state index in [1.54, 1.807) is 0 Å². The first-order chi connectivity index (χ1) is 8.45. The number of urea groups is 1. The average Bonchev–Trinajstić information content (AvgIpc) is 2.81. The predicted octanol–water partition coefficient (Wildman–Crippen LogP) is 2.27. The molecule has 0 bridgehead atoms. The molecule has 1 fully saturated rings. The van der Waals surface area contributed by atoms with Gasteiger partial charge in [0, 0.05) is 19.2 Å². The zero-order valence-electron chi connectivity index (χ0n) is 12.0. The summed E-state index contributed by atoms with van der Waals surface area (Å²) in [7, 11) is 0. The lowest BCUT2D eigenvalue weighted by atomic mass is 9.78. The molecule has 0 radical (unpaired) electrons. The highest BCUT2D eigenvalue weighted by molar-refractivity contribution is 5.74. The molecular weight excluding hydrogens is 228 g/mol. The first-order valence-electron chi connectivity index (χ1n) is 7.11. The number of amides is 2. The first kappa shape index (κ1) is 15.3. The summed E-state index contributed by atoms with van der Waals surface area (Å²) in [6, 6.07) is -0.105. The highest BCUT2D eigenvalue weighted by atomic mass is 16.3. The maximum absolute atomic E-state index is 11.7. The molecule has 4 heteroatoms. The van der Waals surface area contributed by atoms with E-state index < -0.39 is 0 Å². The second-order valence-corrected chi connectivity index (χ2v) is 6.21. The third kappa shape index (κ3) is 4.84. The van der Waals surface area contributed by atoms with E-state index in [4.69, 9.17) is 5.11 Å². The maximum atomic E-state index is 11.7. The van der Waals surface area contributed by atoms with Crippen molar-refractivity contribution in [1.29, 1.82) is 0 Å². The minimum atomic E-state index is -0.123. The second kappa shape index (κ2) is 6.98. The molecule has 1 atom stereocenters. The summed E-state index contributed by atoms with van der Waals surface area (Å²) in [5.41, 5.74) is 0.175. The topological polar surface area (TPSA) is 61.4 Å². The fourth-order valence-corrected chi connectivity index (χ4v) is 2.70. The molecule has 0 saturated heterocycles. The minimum Gasteiger partial charge on any atom is -0.396 e. The number of hydrogen-bond acceptors (Lipinski definition) is 2. The Balaban J connectivity index is 2.28. The molecule has 3 N–H and O–H groups in total. The van der Waals surface area contributed by atoms with Crippen molar-refractivity contribution in [3.05, 3.63) is 0 Å². The Morgan fingerprint density at radius 1 is 1.39 bits per heavy atom. The number of carbonyl (C=O) groups is 1. The van der Waals surface area contributed by atoms with E-state index >= 15 is 0 Å². The molecule has 0 aromatic carbocycles. The van der Waals surface area contributed by atoms with Crippen LogP contribution in [0, 0.1) is 11.3 Å². The standard InChI is InChI=1S/C14H28N2O2/c1-11(8-9-17)16-13(18)15-10-14(2,3)12-6-4-5-7-12/h11-12,17H,4-10H2,1-3H3,(H2,15,16,18)/t11-/m1/s1. The maximum Gasteiger partial charge on any atom is 0.315 e. The van der Waals surface area contributed by atoms with E-state index in [0.29, 0.717) is 6.42 Å². The van der Waals surface area contributed by atoms with Gasteiger partial charge >= 0.3 is 6.03 Å². The van der Waals surface area contributed by atoms with Crippen LogP contribution in [0.15, 0.2) is 0 Å². The summed E-state index contributed by atoms with van der Waals surface area (Å²) in [5, 5.41) is 14.6. The largest absolute Gasteiger partial charge is 0.396 e. The van der Waals surface area contributed by atoms with Crippen molar-refractivity contribution in [2.24, 2.45) is 11.3 Å². The van der Waals surface area contributed by atoms with Gasteiger partial charge in [-0.15, -0.1) is 0 Å². The number of nitrogens with one attached hydrogen (secondary N) is 2. The molecule has 1 saturated carbocycles. The fourth-order valence-electron chi connectivity index (χ4n) is 2.70. The lowest BCUT2D eigenvalue weighted by molar-refractivity contribution is 0.196. The minimum absolute atomic E-state index is 0.0181. The predicted molar refractivity (Wildman–Crippen MR) is 73.4 cm³/mol. The summed E-state index contributed by atoms with van der Waals surface area (Å²) in [6.07, 6.45) is 5.83. The Morgan fingerprint density at radius 3 is 2.56 bits per heavy atom. The quantitative estimate of drug-likeness (QED) is 0.682. The Labute approximate surface area is 111 Å². The van der Waals surface area contributed by atoms with Crippen molar-refractivity contribution in [1.82, 2.24) is 10.6 Å². The Hall–Kier alpha value is -0.770. The van der Waals surface area contributed by atoms with Crippen molar-refractivity contribution in [2.75, 3.05) is 13.2 Å². The van der Waals surface area contributed by atoms with Gasteiger partial charge in [-0.1, -0.05) is 26.7 Å². The molecule has 1 aliphatic rings. The third-order valence-electron chi connectivity index (χ3n) is 4.10. The van der Waals surface area contributed by atoms with Gasteiger partial charge in [0.1, 0.15) is 0 Å². The molecule has 1 rings (SSSR count). The van der Waals surface area contributed by atoms with Gasteiger partial charge in [-0.2, -0.15) is 0 Å². The lowest BCUT2D eigenvalue weighted by Gasteiger charge is -2.32. The summed E-state index contributed by atoms with van der Waals surface area (Å²) in [4.78, 5) is 11.7. The van der Waals surface area contributed by atoms with Crippen LogP contribution in [0.1, 0.15) is 52.9 Å². The van der Waals surface area contributed by atoms with E-state index in [9.17, 15) is 4.79 Å². The number of rotatable bonds is 6. The Morgan fingerprint density at radius 2 is 2.00 bits per heavy atom. The van der Waals surface area contributed by atoms with Gasteiger partial charge in [0.25, 0.3) is 0 Å². The summed E-state index contributed by atoms with van der Waals surface area (Å²) >= 11 is 0. The van der Waals surface area contributed by atoms with Crippen LogP contribution < -0.4 is 10.6 Å². The summed E-state index contributed by atoms with van der Waals surface area (Å²) < 4.78 is 0. The van der Waals surface area contributed by atoms with Crippen molar-refractivity contribution in [3.63, 3.8) is 0 Å². The molecule has 0 unspecified atom stereocenters. The SMILES string of the molecule is C[C@H](CCO)NC(=O)NCC(C)(C)C1CCCC1. The molecule has 0 heterocycles. The van der Waals surface area contributed by atoms with Crippen LogP contribution in [0.2, 0.25) is 0 Å². The molecule has 2 amide bonds. The van der Waals surface area contributed by atoms with Crippen LogP contribution in [0.5, 0.6) is 0 Å². The fraction of sp³-hybridized carbons (Fsp3) is 0.929. The van der Waals surface area contributed by atoms with E-state index in [1.807, 2.05) is 6.92 Å². The van der Waals surface area contributed by atoms with Crippen LogP contribution in [-0.4, -0.2) is 30.3 Å². The summed E-state index contributed by atoms with van der Waals surface area (Å²) in [6.45, 7) is 7.20. The number of aliphatic hydroxyl groups is 1. The lowest BCUT2D eigenvalue weighted by Crippen LogP contribution is -2.45. The third-order valence-corrected chi connectivity index (χ3v) is 4.10. The molecule has 1 aliphatic carbocycles. The van der Waals surface area contributed by atoms with Gasteiger partial charge in [-0.25, -0.2) is 4.79 Å². The molecule has 0 aliphatic heterocycles. The van der Waals surface area contributed by atoms with Gasteiger partial charge in [-0.3, -0.25) is 0 Å². The van der Waals surface area contributed by atoms with Crippen LogP contribution in [0.25, 0.3) is 0 Å². The van der Waals surface area contributed by atoms with Gasteiger partial charge in [0.15, 0.2) is 0 Å². The van der Waals surface area contributed by atoms with Crippen LogP contribution in [-0.2, 0) is 0 Å². The smallest absolute Gasteiger partial charge is 0.315 e. The average molecular weight is 256 g/mol. The Kier molecular flexibility index (Phi) is 5.93. The molecule has 18 heavy (non-hydrogen) atoms. The van der Waals surface area contributed by atoms with Crippen LogP contribution >= 0.6 is 0 Å². The van der Waals surface area contributed by atoms with Gasteiger partial charge in [0.2, 0.25) is 0 Å². The first-order valence-corrected chi connectivity index (χ1v) is 7.11. The number of carbonyl (C=O) groups excluding carboxylic acids is 1. The van der Waals surface area contributed by atoms with Gasteiger partial charge < -0.3 is 15.7 Å². The summed E-state index contributed by atoms with van der Waals surface area (Å²) in [5.74, 6) is 0.729. The second-order valence-electron chi connectivity index (χ2n) is 6.21. The molecule has 106 valence electrons. The Bertz CT molecular complexity index is 261. The molecular formula is C14H28N2O2. The van der Waals surface area contributed by atoms with E-state index in [-0.39, 0.29) is 24.1 Å². The molecule has 4 nitrogen and oxygen atoms in total. The van der Waals surface area contributed by atoms with Crippen LogP contribution in [0.4, 0.5) is 4.79 Å². The number of aliphatic hydroxyl groups excluding tert-OH is 1. The van der Waals surface area contributed by atoms with E-state index in [0.717, 1.165) is 12.5 Å². The monoisotopic (exact) mass is 256 g/mol.